The lowest BCUT2D eigenvalue weighted by molar-refractivity contribution is 0.0689. The average molecular weight is 215 g/mol. The Morgan fingerprint density at radius 1 is 1.38 bits per heavy atom. The minimum atomic E-state index is -1.00. The molecule has 5 nitrogen and oxygen atoms in total. The van der Waals surface area contributed by atoms with Crippen LogP contribution in [-0.4, -0.2) is 21.3 Å². The van der Waals surface area contributed by atoms with Crippen LogP contribution in [0, 0.1) is 0 Å². The maximum Gasteiger partial charge on any atom is 0.356 e. The van der Waals surface area contributed by atoms with Crippen LogP contribution in [0.5, 0.6) is 0 Å². The molecule has 0 saturated heterocycles. The highest BCUT2D eigenvalue weighted by Gasteiger charge is 2.24. The van der Waals surface area contributed by atoms with E-state index >= 15 is 0 Å². The summed E-state index contributed by atoms with van der Waals surface area (Å²) in [6.45, 7) is 0.491. The van der Waals surface area contributed by atoms with Crippen molar-refractivity contribution in [3.05, 3.63) is 35.5 Å². The summed E-state index contributed by atoms with van der Waals surface area (Å²) in [4.78, 5) is 10.9. The Morgan fingerprint density at radius 2 is 2.19 bits per heavy atom. The molecule has 0 aliphatic carbocycles. The largest absolute Gasteiger partial charge is 0.476 e. The number of anilines is 1. The summed E-state index contributed by atoms with van der Waals surface area (Å²) in [5.74, 6) is -1.00. The number of carbonyl (C=O) groups is 1. The van der Waals surface area contributed by atoms with Gasteiger partial charge in [0.2, 0.25) is 0 Å². The zero-order chi connectivity index (χ0) is 11.1. The fourth-order valence-corrected chi connectivity index (χ4v) is 1.98. The van der Waals surface area contributed by atoms with Crippen molar-refractivity contribution in [3.63, 3.8) is 0 Å². The summed E-state index contributed by atoms with van der Waals surface area (Å²) < 4.78 is 0. The first-order valence-corrected chi connectivity index (χ1v) is 4.91. The normalized spacial score (nSPS) is 12.5. The van der Waals surface area contributed by atoms with Crippen LogP contribution in [0.25, 0.3) is 11.3 Å². The molecule has 0 saturated carbocycles. The van der Waals surface area contributed by atoms with Crippen molar-refractivity contribution in [1.82, 2.24) is 10.2 Å². The smallest absolute Gasteiger partial charge is 0.356 e. The molecule has 0 spiro atoms. The number of aromatic carboxylic acids is 1. The number of para-hydroxylation sites is 1. The van der Waals surface area contributed by atoms with Gasteiger partial charge >= 0.3 is 5.97 Å². The molecule has 2 heterocycles. The number of H-pyrrole nitrogens is 1. The van der Waals surface area contributed by atoms with Gasteiger partial charge in [0.1, 0.15) is 0 Å². The van der Waals surface area contributed by atoms with E-state index in [1.807, 2.05) is 24.3 Å². The number of rotatable bonds is 1. The lowest BCUT2D eigenvalue weighted by Crippen LogP contribution is -2.11. The molecular formula is C11H9N3O2. The number of fused-ring (bicyclic) bond motifs is 3. The summed E-state index contributed by atoms with van der Waals surface area (Å²) in [7, 11) is 0. The van der Waals surface area contributed by atoms with Crippen LogP contribution in [0.4, 0.5) is 5.69 Å². The van der Waals surface area contributed by atoms with Gasteiger partial charge < -0.3 is 10.4 Å². The highest BCUT2D eigenvalue weighted by Crippen LogP contribution is 2.34. The van der Waals surface area contributed by atoms with Crippen molar-refractivity contribution < 1.29 is 9.90 Å². The Kier molecular flexibility index (Phi) is 1.73. The van der Waals surface area contributed by atoms with Crippen LogP contribution < -0.4 is 5.32 Å². The quantitative estimate of drug-likeness (QED) is 0.676. The standard InChI is InChI=1S/C11H9N3O2/c15-11(16)10-7-5-12-8-4-2-1-3-6(8)9(7)13-14-10/h1-4,12H,5H2,(H,13,14)(H,15,16). The zero-order valence-corrected chi connectivity index (χ0v) is 8.32. The van der Waals surface area contributed by atoms with Crippen molar-refractivity contribution in [2.75, 3.05) is 5.32 Å². The van der Waals surface area contributed by atoms with Gasteiger partial charge in [0, 0.05) is 23.4 Å². The van der Waals surface area contributed by atoms with E-state index in [0.717, 1.165) is 16.9 Å². The molecule has 0 radical (unpaired) electrons. The molecule has 0 bridgehead atoms. The van der Waals surface area contributed by atoms with Crippen molar-refractivity contribution in [3.8, 4) is 11.3 Å². The Bertz CT molecular complexity index is 574. The number of benzene rings is 1. The molecule has 1 aromatic heterocycles. The lowest BCUT2D eigenvalue weighted by Gasteiger charge is -2.17. The SMILES string of the molecule is O=C(O)c1n[nH]c2c1CNc1ccccc1-2. The highest BCUT2D eigenvalue weighted by molar-refractivity contribution is 5.92. The van der Waals surface area contributed by atoms with E-state index in [9.17, 15) is 4.79 Å². The second-order valence-corrected chi connectivity index (χ2v) is 3.63. The fraction of sp³-hybridized carbons (Fsp3) is 0.0909. The van der Waals surface area contributed by atoms with Crippen LogP contribution >= 0.6 is 0 Å². The number of aromatic nitrogens is 2. The van der Waals surface area contributed by atoms with Crippen LogP contribution in [0.3, 0.4) is 0 Å². The predicted octanol–water partition coefficient (Wildman–Crippen LogP) is 1.70. The molecule has 0 unspecified atom stereocenters. The van der Waals surface area contributed by atoms with E-state index in [0.29, 0.717) is 12.1 Å². The van der Waals surface area contributed by atoms with E-state index in [2.05, 4.69) is 15.5 Å². The molecule has 0 atom stereocenters. The number of hydrogen-bond acceptors (Lipinski definition) is 3. The van der Waals surface area contributed by atoms with Gasteiger partial charge in [-0.15, -0.1) is 0 Å². The van der Waals surface area contributed by atoms with E-state index in [-0.39, 0.29) is 5.69 Å². The average Bonchev–Trinajstić information content (AvgIpc) is 2.73. The number of hydrogen-bond donors (Lipinski definition) is 3. The molecule has 0 amide bonds. The fourth-order valence-electron chi connectivity index (χ4n) is 1.98. The van der Waals surface area contributed by atoms with Gasteiger partial charge in [-0.3, -0.25) is 5.10 Å². The lowest BCUT2D eigenvalue weighted by atomic mass is 10.0. The summed E-state index contributed by atoms with van der Waals surface area (Å²) in [6, 6.07) is 7.74. The molecule has 2 aromatic rings. The molecule has 16 heavy (non-hydrogen) atoms. The van der Waals surface area contributed by atoms with Crippen LogP contribution in [0.2, 0.25) is 0 Å². The molecule has 1 aromatic carbocycles. The van der Waals surface area contributed by atoms with E-state index < -0.39 is 5.97 Å². The van der Waals surface area contributed by atoms with E-state index in [1.165, 1.54) is 0 Å². The topological polar surface area (TPSA) is 78.0 Å². The molecule has 5 heteroatoms. The van der Waals surface area contributed by atoms with Crippen molar-refractivity contribution in [1.29, 1.82) is 0 Å². The number of nitrogens with zero attached hydrogens (tertiary/aromatic N) is 1. The highest BCUT2D eigenvalue weighted by atomic mass is 16.4. The summed E-state index contributed by atoms with van der Waals surface area (Å²) in [5.41, 5.74) is 3.56. The predicted molar refractivity (Wildman–Crippen MR) is 58.3 cm³/mol. The second-order valence-electron chi connectivity index (χ2n) is 3.63. The van der Waals surface area contributed by atoms with Gasteiger partial charge in [0.05, 0.1) is 5.69 Å². The van der Waals surface area contributed by atoms with Gasteiger partial charge in [-0.1, -0.05) is 18.2 Å². The van der Waals surface area contributed by atoms with Gasteiger partial charge in [-0.25, -0.2) is 4.79 Å². The molecule has 3 rings (SSSR count). The van der Waals surface area contributed by atoms with Crippen LogP contribution in [0.15, 0.2) is 24.3 Å². The van der Waals surface area contributed by atoms with Crippen LogP contribution in [0.1, 0.15) is 16.1 Å². The van der Waals surface area contributed by atoms with E-state index in [1.54, 1.807) is 0 Å². The third-order valence-corrected chi connectivity index (χ3v) is 2.72. The first-order chi connectivity index (χ1) is 7.77. The van der Waals surface area contributed by atoms with E-state index in [4.69, 9.17) is 5.11 Å². The third kappa shape index (κ3) is 1.11. The minimum Gasteiger partial charge on any atom is -0.476 e. The van der Waals surface area contributed by atoms with Gasteiger partial charge in [-0.05, 0) is 6.07 Å². The molecule has 1 aliphatic heterocycles. The molecule has 3 N–H and O–H groups in total. The Morgan fingerprint density at radius 3 is 3.00 bits per heavy atom. The molecular weight excluding hydrogens is 206 g/mol. The maximum atomic E-state index is 10.9. The third-order valence-electron chi connectivity index (χ3n) is 2.72. The maximum absolute atomic E-state index is 10.9. The van der Waals surface area contributed by atoms with Crippen molar-refractivity contribution in [2.45, 2.75) is 6.54 Å². The number of nitrogens with one attached hydrogen (secondary N) is 2. The number of aromatic amines is 1. The van der Waals surface area contributed by atoms with Crippen molar-refractivity contribution >= 4 is 11.7 Å². The molecule has 0 fully saturated rings. The first kappa shape index (κ1) is 8.96. The Hall–Kier alpha value is -2.30. The van der Waals surface area contributed by atoms with Gasteiger partial charge in [0.15, 0.2) is 5.69 Å². The van der Waals surface area contributed by atoms with Gasteiger partial charge in [0.25, 0.3) is 0 Å². The Balaban J connectivity index is 2.23. The van der Waals surface area contributed by atoms with Crippen LogP contribution in [-0.2, 0) is 6.54 Å². The summed E-state index contributed by atoms with van der Waals surface area (Å²) >= 11 is 0. The summed E-state index contributed by atoms with van der Waals surface area (Å²) in [5, 5.41) is 18.8. The first-order valence-electron chi connectivity index (χ1n) is 4.91. The molecule has 1 aliphatic rings. The molecule has 80 valence electrons. The number of carboxylic acids is 1. The zero-order valence-electron chi connectivity index (χ0n) is 8.32. The van der Waals surface area contributed by atoms with Crippen molar-refractivity contribution in [2.24, 2.45) is 0 Å². The number of carboxylic acid groups (broad SMARTS) is 1. The second kappa shape index (κ2) is 3.10. The monoisotopic (exact) mass is 215 g/mol. The minimum absolute atomic E-state index is 0.0944. The van der Waals surface area contributed by atoms with Gasteiger partial charge in [-0.2, -0.15) is 5.10 Å². The summed E-state index contributed by atoms with van der Waals surface area (Å²) in [6.07, 6.45) is 0. The Labute approximate surface area is 91.1 Å².